The zero-order chi connectivity index (χ0) is 15.5. The lowest BCUT2D eigenvalue weighted by Crippen LogP contribution is -1.99. The fourth-order valence-electron chi connectivity index (χ4n) is 2.49. The number of aromatic nitrogens is 3. The van der Waals surface area contributed by atoms with Crippen molar-refractivity contribution >= 4 is 0 Å². The minimum Gasteiger partial charge on any atom is -0.497 e. The number of pyridine rings is 1. The molecular formula is C17H18N4O. The van der Waals surface area contributed by atoms with E-state index in [2.05, 4.69) is 15.2 Å². The highest BCUT2D eigenvalue weighted by atomic mass is 16.5. The van der Waals surface area contributed by atoms with Crippen molar-refractivity contribution in [1.82, 2.24) is 15.2 Å². The predicted molar refractivity (Wildman–Crippen MR) is 86.4 cm³/mol. The average Bonchev–Trinajstić information content (AvgIpc) is 2.96. The highest BCUT2D eigenvalue weighted by molar-refractivity contribution is 5.82. The van der Waals surface area contributed by atoms with Crippen LogP contribution in [0.2, 0.25) is 0 Å². The molecule has 5 heteroatoms. The van der Waals surface area contributed by atoms with E-state index in [9.17, 15) is 0 Å². The van der Waals surface area contributed by atoms with Gasteiger partial charge in [-0.3, -0.25) is 10.1 Å². The topological polar surface area (TPSA) is 76.8 Å². The van der Waals surface area contributed by atoms with Crippen molar-refractivity contribution < 1.29 is 4.74 Å². The molecule has 0 radical (unpaired) electrons. The third-order valence-corrected chi connectivity index (χ3v) is 3.63. The summed E-state index contributed by atoms with van der Waals surface area (Å²) in [6, 6.07) is 11.9. The lowest BCUT2D eigenvalue weighted by Gasteiger charge is -2.07. The van der Waals surface area contributed by atoms with Crippen LogP contribution in [0.15, 0.2) is 42.6 Å². The van der Waals surface area contributed by atoms with Crippen LogP contribution < -0.4 is 10.5 Å². The lowest BCUT2D eigenvalue weighted by atomic mass is 9.99. The molecular weight excluding hydrogens is 276 g/mol. The van der Waals surface area contributed by atoms with Crippen molar-refractivity contribution in [3.8, 4) is 28.1 Å². The van der Waals surface area contributed by atoms with Crippen LogP contribution in [0.5, 0.6) is 5.75 Å². The normalized spacial score (nSPS) is 10.7. The number of rotatable bonds is 4. The summed E-state index contributed by atoms with van der Waals surface area (Å²) >= 11 is 0. The van der Waals surface area contributed by atoms with Crippen LogP contribution in [0.4, 0.5) is 0 Å². The predicted octanol–water partition coefficient (Wildman–Crippen LogP) is 2.91. The fraction of sp³-hybridized carbons (Fsp3) is 0.176. The van der Waals surface area contributed by atoms with Gasteiger partial charge in [0.25, 0.3) is 0 Å². The quantitative estimate of drug-likeness (QED) is 0.775. The molecule has 0 amide bonds. The van der Waals surface area contributed by atoms with Crippen molar-refractivity contribution in [2.75, 3.05) is 7.11 Å². The Morgan fingerprint density at radius 2 is 1.91 bits per heavy atom. The van der Waals surface area contributed by atoms with Gasteiger partial charge in [0.15, 0.2) is 0 Å². The Kier molecular flexibility index (Phi) is 3.89. The van der Waals surface area contributed by atoms with Gasteiger partial charge in [-0.1, -0.05) is 0 Å². The van der Waals surface area contributed by atoms with E-state index in [0.29, 0.717) is 6.54 Å². The smallest absolute Gasteiger partial charge is 0.118 e. The third-order valence-electron chi connectivity index (χ3n) is 3.63. The molecule has 0 unspecified atom stereocenters. The van der Waals surface area contributed by atoms with E-state index in [1.165, 1.54) is 0 Å². The van der Waals surface area contributed by atoms with Crippen molar-refractivity contribution in [1.29, 1.82) is 0 Å². The molecule has 0 aliphatic heterocycles. The molecule has 5 nitrogen and oxygen atoms in total. The van der Waals surface area contributed by atoms with E-state index in [0.717, 1.165) is 39.5 Å². The zero-order valence-electron chi connectivity index (χ0n) is 12.6. The number of nitrogens with two attached hydrogens (primary N) is 1. The van der Waals surface area contributed by atoms with Crippen LogP contribution >= 0.6 is 0 Å². The summed E-state index contributed by atoms with van der Waals surface area (Å²) in [6.45, 7) is 2.43. The summed E-state index contributed by atoms with van der Waals surface area (Å²) < 4.78 is 5.21. The van der Waals surface area contributed by atoms with Gasteiger partial charge >= 0.3 is 0 Å². The van der Waals surface area contributed by atoms with Gasteiger partial charge in [0.2, 0.25) is 0 Å². The van der Waals surface area contributed by atoms with Crippen LogP contribution in [-0.2, 0) is 6.54 Å². The van der Waals surface area contributed by atoms with Gasteiger partial charge in [-0.25, -0.2) is 0 Å². The minimum absolute atomic E-state index is 0.419. The summed E-state index contributed by atoms with van der Waals surface area (Å²) in [7, 11) is 1.66. The SMILES string of the molecule is COc1ccc(-c2n[nH]c(C)c2-c2ccnc(CN)c2)cc1. The van der Waals surface area contributed by atoms with Gasteiger partial charge in [-0.05, 0) is 48.9 Å². The highest BCUT2D eigenvalue weighted by Gasteiger charge is 2.14. The van der Waals surface area contributed by atoms with Gasteiger partial charge in [-0.15, -0.1) is 0 Å². The first kappa shape index (κ1) is 14.3. The number of nitrogens with one attached hydrogen (secondary N) is 1. The van der Waals surface area contributed by atoms with Crippen molar-refractivity contribution in [2.24, 2.45) is 5.73 Å². The Labute approximate surface area is 129 Å². The van der Waals surface area contributed by atoms with E-state index in [1.807, 2.05) is 43.3 Å². The monoisotopic (exact) mass is 294 g/mol. The number of aromatic amines is 1. The molecule has 3 aromatic rings. The highest BCUT2D eigenvalue weighted by Crippen LogP contribution is 2.33. The second kappa shape index (κ2) is 5.99. The maximum absolute atomic E-state index is 5.69. The summed E-state index contributed by atoms with van der Waals surface area (Å²) in [4.78, 5) is 4.25. The number of ether oxygens (including phenoxy) is 1. The van der Waals surface area contributed by atoms with Gasteiger partial charge in [0.05, 0.1) is 12.8 Å². The van der Waals surface area contributed by atoms with E-state index < -0.39 is 0 Å². The Morgan fingerprint density at radius 1 is 1.14 bits per heavy atom. The van der Waals surface area contributed by atoms with E-state index in [-0.39, 0.29) is 0 Å². The molecule has 0 saturated carbocycles. The second-order valence-corrected chi connectivity index (χ2v) is 5.04. The maximum Gasteiger partial charge on any atom is 0.118 e. The molecule has 1 aromatic carbocycles. The summed E-state index contributed by atoms with van der Waals surface area (Å²) in [5.41, 5.74) is 11.6. The Balaban J connectivity index is 2.10. The summed E-state index contributed by atoms with van der Waals surface area (Å²) in [5.74, 6) is 0.826. The van der Waals surface area contributed by atoms with Gasteiger partial charge in [0, 0.05) is 29.6 Å². The molecule has 0 fully saturated rings. The molecule has 0 aliphatic rings. The first-order chi connectivity index (χ1) is 10.7. The Morgan fingerprint density at radius 3 is 2.59 bits per heavy atom. The fourth-order valence-corrected chi connectivity index (χ4v) is 2.49. The zero-order valence-corrected chi connectivity index (χ0v) is 12.6. The number of H-pyrrole nitrogens is 1. The average molecular weight is 294 g/mol. The van der Waals surface area contributed by atoms with E-state index in [4.69, 9.17) is 10.5 Å². The molecule has 2 heterocycles. The molecule has 3 rings (SSSR count). The van der Waals surface area contributed by atoms with E-state index in [1.54, 1.807) is 13.3 Å². The second-order valence-electron chi connectivity index (χ2n) is 5.04. The van der Waals surface area contributed by atoms with Crippen LogP contribution in [0.1, 0.15) is 11.4 Å². The van der Waals surface area contributed by atoms with Crippen LogP contribution in [-0.4, -0.2) is 22.3 Å². The lowest BCUT2D eigenvalue weighted by molar-refractivity contribution is 0.415. The van der Waals surface area contributed by atoms with Gasteiger partial charge < -0.3 is 10.5 Å². The molecule has 0 aliphatic carbocycles. The Hall–Kier alpha value is -2.66. The summed E-state index contributed by atoms with van der Waals surface area (Å²) in [5, 5.41) is 7.52. The van der Waals surface area contributed by atoms with Crippen LogP contribution in [0.25, 0.3) is 22.4 Å². The van der Waals surface area contributed by atoms with Crippen molar-refractivity contribution in [3.63, 3.8) is 0 Å². The number of hydrogen-bond donors (Lipinski definition) is 2. The van der Waals surface area contributed by atoms with Crippen molar-refractivity contribution in [3.05, 3.63) is 54.0 Å². The largest absolute Gasteiger partial charge is 0.497 e. The van der Waals surface area contributed by atoms with Crippen molar-refractivity contribution in [2.45, 2.75) is 13.5 Å². The van der Waals surface area contributed by atoms with Gasteiger partial charge in [-0.2, -0.15) is 5.10 Å². The Bertz CT molecular complexity index is 778. The molecule has 3 N–H and O–H groups in total. The van der Waals surface area contributed by atoms with Gasteiger partial charge in [0.1, 0.15) is 11.4 Å². The maximum atomic E-state index is 5.69. The first-order valence-corrected chi connectivity index (χ1v) is 7.07. The number of nitrogens with zero attached hydrogens (tertiary/aromatic N) is 2. The molecule has 0 spiro atoms. The molecule has 0 bridgehead atoms. The number of benzene rings is 1. The van der Waals surface area contributed by atoms with Crippen LogP contribution in [0.3, 0.4) is 0 Å². The molecule has 0 atom stereocenters. The molecule has 112 valence electrons. The third kappa shape index (κ3) is 2.58. The minimum atomic E-state index is 0.419. The molecule has 0 saturated heterocycles. The summed E-state index contributed by atoms with van der Waals surface area (Å²) in [6.07, 6.45) is 1.78. The van der Waals surface area contributed by atoms with Crippen LogP contribution in [0, 0.1) is 6.92 Å². The first-order valence-electron chi connectivity index (χ1n) is 7.07. The standard InChI is InChI=1S/C17H18N4O/c1-11-16(13-7-8-19-14(9-13)10-18)17(21-20-11)12-3-5-15(22-2)6-4-12/h3-9H,10,18H2,1-2H3,(H,20,21). The number of methoxy groups -OCH3 is 1. The van der Waals surface area contributed by atoms with E-state index >= 15 is 0 Å². The molecule has 22 heavy (non-hydrogen) atoms. The number of hydrogen-bond acceptors (Lipinski definition) is 4. The number of aryl methyl sites for hydroxylation is 1. The molecule has 2 aromatic heterocycles.